The molecule has 1 aromatic carbocycles. The summed E-state index contributed by atoms with van der Waals surface area (Å²) in [5.74, 6) is 0. The third-order valence-electron chi connectivity index (χ3n) is 1.59. The van der Waals surface area contributed by atoms with Gasteiger partial charge in [-0.2, -0.15) is 5.26 Å². The van der Waals surface area contributed by atoms with Crippen molar-refractivity contribution in [2.24, 2.45) is 0 Å². The second-order valence-electron chi connectivity index (χ2n) is 2.59. The van der Waals surface area contributed by atoms with Crippen LogP contribution >= 0.6 is 0 Å². The fourth-order valence-electron chi connectivity index (χ4n) is 0.992. The normalized spacial score (nSPS) is 10.2. The van der Waals surface area contributed by atoms with Crippen LogP contribution < -0.4 is 0 Å². The van der Waals surface area contributed by atoms with E-state index in [2.05, 4.69) is 6.07 Å². The Hall–Kier alpha value is -1.59. The lowest BCUT2D eigenvalue weighted by Crippen LogP contribution is -1.81. The first kappa shape index (κ1) is 9.50. The maximum Gasteiger partial charge on any atom is 0.0991 e. The van der Waals surface area contributed by atoms with Gasteiger partial charge < -0.3 is 4.74 Å². The van der Waals surface area contributed by atoms with Crippen LogP contribution in [0.15, 0.2) is 30.3 Å². The first-order valence-corrected chi connectivity index (χ1v) is 4.02. The lowest BCUT2D eigenvalue weighted by molar-refractivity contribution is 0.234. The van der Waals surface area contributed by atoms with E-state index in [1.807, 2.05) is 30.4 Å². The van der Waals surface area contributed by atoms with E-state index >= 15 is 0 Å². The lowest BCUT2D eigenvalue weighted by atomic mass is 10.1. The molecular weight excluding hydrogens is 162 g/mol. The Labute approximate surface area is 78.1 Å². The van der Waals surface area contributed by atoms with Crippen molar-refractivity contribution in [2.75, 3.05) is 13.7 Å². The van der Waals surface area contributed by atoms with Gasteiger partial charge in [-0.05, 0) is 17.7 Å². The fourth-order valence-corrected chi connectivity index (χ4v) is 0.992. The van der Waals surface area contributed by atoms with Crippen LogP contribution in [0, 0.1) is 11.3 Å². The zero-order valence-electron chi connectivity index (χ0n) is 7.53. The van der Waals surface area contributed by atoms with E-state index in [4.69, 9.17) is 10.00 Å². The van der Waals surface area contributed by atoms with Gasteiger partial charge in [0.25, 0.3) is 0 Å². The Kier molecular flexibility index (Phi) is 3.74. The van der Waals surface area contributed by atoms with Gasteiger partial charge in [0.1, 0.15) is 0 Å². The number of hydrogen-bond acceptors (Lipinski definition) is 2. The monoisotopic (exact) mass is 173 g/mol. The van der Waals surface area contributed by atoms with Crippen LogP contribution in [-0.4, -0.2) is 13.7 Å². The number of rotatable bonds is 3. The van der Waals surface area contributed by atoms with Crippen molar-refractivity contribution in [2.45, 2.75) is 0 Å². The van der Waals surface area contributed by atoms with Crippen molar-refractivity contribution >= 4 is 6.08 Å². The molecule has 0 aromatic heterocycles. The summed E-state index contributed by atoms with van der Waals surface area (Å²) in [6, 6.07) is 9.53. The molecule has 0 aliphatic rings. The molecule has 0 N–H and O–H groups in total. The Morgan fingerprint density at radius 1 is 1.54 bits per heavy atom. The van der Waals surface area contributed by atoms with Crippen LogP contribution in [0.25, 0.3) is 6.08 Å². The second-order valence-corrected chi connectivity index (χ2v) is 2.59. The van der Waals surface area contributed by atoms with Crippen LogP contribution in [0.5, 0.6) is 0 Å². The first-order valence-electron chi connectivity index (χ1n) is 4.02. The highest BCUT2D eigenvalue weighted by Gasteiger charge is 1.89. The lowest BCUT2D eigenvalue weighted by Gasteiger charge is -1.93. The predicted octanol–water partition coefficient (Wildman–Crippen LogP) is 2.22. The van der Waals surface area contributed by atoms with Gasteiger partial charge in [0.15, 0.2) is 0 Å². The Morgan fingerprint density at radius 2 is 2.38 bits per heavy atom. The summed E-state index contributed by atoms with van der Waals surface area (Å²) < 4.78 is 4.87. The highest BCUT2D eigenvalue weighted by Crippen LogP contribution is 2.05. The van der Waals surface area contributed by atoms with E-state index in [-0.39, 0.29) is 0 Å². The number of hydrogen-bond donors (Lipinski definition) is 0. The van der Waals surface area contributed by atoms with Gasteiger partial charge in [-0.15, -0.1) is 0 Å². The molecule has 0 atom stereocenters. The maximum atomic E-state index is 8.63. The molecule has 0 aliphatic heterocycles. The molecule has 0 radical (unpaired) electrons. The number of nitriles is 1. The zero-order chi connectivity index (χ0) is 9.52. The van der Waals surface area contributed by atoms with Crippen LogP contribution in [0.2, 0.25) is 0 Å². The van der Waals surface area contributed by atoms with Gasteiger partial charge in [0.2, 0.25) is 0 Å². The van der Waals surface area contributed by atoms with Crippen LogP contribution in [0.1, 0.15) is 11.1 Å². The molecule has 0 amide bonds. The average molecular weight is 173 g/mol. The van der Waals surface area contributed by atoms with Crippen molar-refractivity contribution < 1.29 is 4.74 Å². The summed E-state index contributed by atoms with van der Waals surface area (Å²) in [4.78, 5) is 0. The Morgan fingerprint density at radius 3 is 3.08 bits per heavy atom. The van der Waals surface area contributed by atoms with E-state index in [1.165, 1.54) is 0 Å². The van der Waals surface area contributed by atoms with E-state index in [1.54, 1.807) is 13.2 Å². The van der Waals surface area contributed by atoms with Crippen molar-refractivity contribution in [3.05, 3.63) is 41.5 Å². The highest BCUT2D eigenvalue weighted by atomic mass is 16.5. The largest absolute Gasteiger partial charge is 0.381 e. The van der Waals surface area contributed by atoms with E-state index in [9.17, 15) is 0 Å². The predicted molar refractivity (Wildman–Crippen MR) is 52.1 cm³/mol. The quantitative estimate of drug-likeness (QED) is 0.702. The zero-order valence-corrected chi connectivity index (χ0v) is 7.53. The molecule has 66 valence electrons. The molecule has 0 unspecified atom stereocenters. The van der Waals surface area contributed by atoms with E-state index in [0.29, 0.717) is 12.2 Å². The minimum atomic E-state index is 0.594. The summed E-state index contributed by atoms with van der Waals surface area (Å²) in [6.45, 7) is 0.594. The summed E-state index contributed by atoms with van der Waals surface area (Å²) in [5, 5.41) is 8.63. The van der Waals surface area contributed by atoms with E-state index < -0.39 is 0 Å². The summed E-state index contributed by atoms with van der Waals surface area (Å²) >= 11 is 0. The maximum absolute atomic E-state index is 8.63. The molecule has 0 saturated carbocycles. The van der Waals surface area contributed by atoms with Crippen LogP contribution in [0.3, 0.4) is 0 Å². The molecule has 13 heavy (non-hydrogen) atoms. The molecule has 1 aromatic rings. The Bertz CT molecular complexity index is 336. The van der Waals surface area contributed by atoms with Crippen LogP contribution in [-0.2, 0) is 4.74 Å². The first-order chi connectivity index (χ1) is 6.36. The summed E-state index contributed by atoms with van der Waals surface area (Å²) in [7, 11) is 1.65. The second kappa shape index (κ2) is 5.13. The number of methoxy groups -OCH3 is 1. The molecule has 2 heteroatoms. The van der Waals surface area contributed by atoms with Gasteiger partial charge in [-0.3, -0.25) is 0 Å². The third kappa shape index (κ3) is 3.10. The molecular formula is C11H11NO. The molecule has 0 saturated heterocycles. The number of ether oxygens (including phenoxy) is 1. The van der Waals surface area contributed by atoms with E-state index in [0.717, 1.165) is 5.56 Å². The Balaban J connectivity index is 2.73. The smallest absolute Gasteiger partial charge is 0.0991 e. The molecule has 0 heterocycles. The topological polar surface area (TPSA) is 33.0 Å². The standard InChI is InChI=1S/C11H11NO/c1-13-7-3-6-10-4-2-5-11(8-10)9-12/h2-6,8H,7H2,1H3/b6-3+. The minimum absolute atomic E-state index is 0.594. The third-order valence-corrected chi connectivity index (χ3v) is 1.59. The van der Waals surface area contributed by atoms with Crippen molar-refractivity contribution in [3.8, 4) is 6.07 Å². The molecule has 0 bridgehead atoms. The summed E-state index contributed by atoms with van der Waals surface area (Å²) in [5.41, 5.74) is 1.70. The van der Waals surface area contributed by atoms with Crippen molar-refractivity contribution in [3.63, 3.8) is 0 Å². The van der Waals surface area contributed by atoms with Gasteiger partial charge in [-0.1, -0.05) is 24.3 Å². The molecule has 0 fully saturated rings. The molecule has 1 rings (SSSR count). The van der Waals surface area contributed by atoms with Gasteiger partial charge >= 0.3 is 0 Å². The highest BCUT2D eigenvalue weighted by molar-refractivity contribution is 5.52. The van der Waals surface area contributed by atoms with Crippen molar-refractivity contribution in [1.82, 2.24) is 0 Å². The molecule has 0 spiro atoms. The van der Waals surface area contributed by atoms with Crippen molar-refractivity contribution in [1.29, 1.82) is 5.26 Å². The van der Waals surface area contributed by atoms with Gasteiger partial charge in [0.05, 0.1) is 18.2 Å². The summed E-state index contributed by atoms with van der Waals surface area (Å²) in [6.07, 6.45) is 3.85. The van der Waals surface area contributed by atoms with Crippen LogP contribution in [0.4, 0.5) is 0 Å². The average Bonchev–Trinajstić information content (AvgIpc) is 2.19. The number of benzene rings is 1. The van der Waals surface area contributed by atoms with Gasteiger partial charge in [0, 0.05) is 7.11 Å². The molecule has 2 nitrogen and oxygen atoms in total. The molecule has 0 aliphatic carbocycles. The van der Waals surface area contributed by atoms with Gasteiger partial charge in [-0.25, -0.2) is 0 Å². The number of nitrogens with zero attached hydrogens (tertiary/aromatic N) is 1. The fraction of sp³-hybridized carbons (Fsp3) is 0.182. The minimum Gasteiger partial charge on any atom is -0.381 e. The SMILES string of the molecule is COC/C=C/c1cccc(C#N)c1.